The first-order chi connectivity index (χ1) is 18.9. The highest BCUT2D eigenvalue weighted by atomic mass is 19.1. The summed E-state index contributed by atoms with van der Waals surface area (Å²) in [5, 5.41) is 2.73. The fourth-order valence-corrected chi connectivity index (χ4v) is 4.93. The van der Waals surface area contributed by atoms with Crippen LogP contribution in [0.4, 0.5) is 8.78 Å². The van der Waals surface area contributed by atoms with Crippen molar-refractivity contribution in [1.29, 1.82) is 0 Å². The Hall–Kier alpha value is -4.10. The fourth-order valence-electron chi connectivity index (χ4n) is 4.93. The van der Waals surface area contributed by atoms with Gasteiger partial charge in [0.25, 0.3) is 5.91 Å². The van der Waals surface area contributed by atoms with Gasteiger partial charge in [0.15, 0.2) is 0 Å². The van der Waals surface area contributed by atoms with Crippen molar-refractivity contribution in [3.8, 4) is 22.8 Å². The van der Waals surface area contributed by atoms with E-state index in [0.29, 0.717) is 28.2 Å². The van der Waals surface area contributed by atoms with Gasteiger partial charge in [0, 0.05) is 48.1 Å². The Labute approximate surface area is 227 Å². The standard InChI is InChI=1S/C32H31F2N3O2/c1-22-29(32(38)36-20-24-16-26(33)18-27(34)17-24)9-6-10-31(22)39-28-11-12-35-30(19-28)25-8-5-7-23(15-25)21-37-13-3-2-4-14-37/h5-12,15-19H,2-4,13-14,20-21H2,1H3,(H,36,38). The van der Waals surface area contributed by atoms with Crippen molar-refractivity contribution in [2.45, 2.75) is 39.3 Å². The number of rotatable bonds is 8. The van der Waals surface area contributed by atoms with Gasteiger partial charge in [0.2, 0.25) is 0 Å². The summed E-state index contributed by atoms with van der Waals surface area (Å²) in [5.41, 5.74) is 4.51. The lowest BCUT2D eigenvalue weighted by atomic mass is 10.1. The fraction of sp³-hybridized carbons (Fsp3) is 0.250. The van der Waals surface area contributed by atoms with E-state index in [1.807, 2.05) is 12.1 Å². The van der Waals surface area contributed by atoms with E-state index >= 15 is 0 Å². The van der Waals surface area contributed by atoms with E-state index < -0.39 is 11.6 Å². The molecule has 39 heavy (non-hydrogen) atoms. The maximum atomic E-state index is 13.5. The second-order valence-corrected chi connectivity index (χ2v) is 9.91. The lowest BCUT2D eigenvalue weighted by Gasteiger charge is -2.26. The molecule has 3 aromatic carbocycles. The number of benzene rings is 3. The summed E-state index contributed by atoms with van der Waals surface area (Å²) in [6.45, 7) is 5.03. The number of likely N-dealkylation sites (tertiary alicyclic amines) is 1. The van der Waals surface area contributed by atoms with Gasteiger partial charge in [-0.3, -0.25) is 14.7 Å². The van der Waals surface area contributed by atoms with Gasteiger partial charge in [0.1, 0.15) is 23.1 Å². The van der Waals surface area contributed by atoms with E-state index in [1.165, 1.54) is 37.0 Å². The van der Waals surface area contributed by atoms with Crippen LogP contribution in [0.2, 0.25) is 0 Å². The number of halogens is 2. The van der Waals surface area contributed by atoms with E-state index in [2.05, 4.69) is 33.4 Å². The number of carbonyl (C=O) groups is 1. The number of pyridine rings is 1. The van der Waals surface area contributed by atoms with Crippen LogP contribution in [0.5, 0.6) is 11.5 Å². The van der Waals surface area contributed by atoms with Crippen LogP contribution in [0.15, 0.2) is 79.0 Å². The Balaban J connectivity index is 1.28. The molecule has 1 amide bonds. The van der Waals surface area contributed by atoms with E-state index in [-0.39, 0.29) is 12.5 Å². The molecule has 0 unspecified atom stereocenters. The molecule has 0 aliphatic carbocycles. The molecule has 2 heterocycles. The summed E-state index contributed by atoms with van der Waals surface area (Å²) in [4.78, 5) is 19.9. The average Bonchev–Trinajstić information content (AvgIpc) is 2.93. The molecular weight excluding hydrogens is 496 g/mol. The topological polar surface area (TPSA) is 54.5 Å². The van der Waals surface area contributed by atoms with Crippen LogP contribution in [0, 0.1) is 18.6 Å². The van der Waals surface area contributed by atoms with Crippen molar-refractivity contribution in [3.05, 3.63) is 113 Å². The molecular formula is C32H31F2N3O2. The third-order valence-corrected chi connectivity index (χ3v) is 6.94. The molecule has 0 spiro atoms. The molecule has 0 atom stereocenters. The zero-order chi connectivity index (χ0) is 27.2. The third-order valence-electron chi connectivity index (χ3n) is 6.94. The predicted octanol–water partition coefficient (Wildman–Crippen LogP) is 7.04. The Morgan fingerprint density at radius 3 is 2.49 bits per heavy atom. The number of carbonyl (C=O) groups excluding carboxylic acids is 1. The Morgan fingerprint density at radius 2 is 1.69 bits per heavy atom. The molecule has 4 aromatic rings. The van der Waals surface area contributed by atoms with Crippen molar-refractivity contribution in [1.82, 2.24) is 15.2 Å². The van der Waals surface area contributed by atoms with E-state index in [9.17, 15) is 13.6 Å². The Bertz CT molecular complexity index is 1450. The third kappa shape index (κ3) is 6.86. The molecule has 5 nitrogen and oxygen atoms in total. The van der Waals surface area contributed by atoms with Crippen LogP contribution < -0.4 is 10.1 Å². The van der Waals surface area contributed by atoms with Crippen LogP contribution >= 0.6 is 0 Å². The number of nitrogens with zero attached hydrogens (tertiary/aromatic N) is 2. The second-order valence-electron chi connectivity index (χ2n) is 9.91. The molecule has 5 rings (SSSR count). The number of amides is 1. The molecule has 0 radical (unpaired) electrons. The van der Waals surface area contributed by atoms with Gasteiger partial charge >= 0.3 is 0 Å². The van der Waals surface area contributed by atoms with Gasteiger partial charge < -0.3 is 10.1 Å². The van der Waals surface area contributed by atoms with Crippen LogP contribution in [-0.4, -0.2) is 28.9 Å². The Morgan fingerprint density at radius 1 is 0.923 bits per heavy atom. The first kappa shape index (κ1) is 26.5. The largest absolute Gasteiger partial charge is 0.457 e. The highest BCUT2D eigenvalue weighted by Crippen LogP contribution is 2.30. The number of piperidine rings is 1. The Kier molecular flexibility index (Phi) is 8.27. The summed E-state index contributed by atoms with van der Waals surface area (Å²) < 4.78 is 33.1. The van der Waals surface area contributed by atoms with E-state index in [0.717, 1.165) is 37.0 Å². The van der Waals surface area contributed by atoms with Crippen molar-refractivity contribution < 1.29 is 18.3 Å². The lowest BCUT2D eigenvalue weighted by molar-refractivity contribution is 0.0949. The SMILES string of the molecule is Cc1c(Oc2ccnc(-c3cccc(CN4CCCCC4)c3)c2)cccc1C(=O)NCc1cc(F)cc(F)c1. The molecule has 1 aromatic heterocycles. The molecule has 200 valence electrons. The second kappa shape index (κ2) is 12.2. The smallest absolute Gasteiger partial charge is 0.251 e. The summed E-state index contributed by atoms with van der Waals surface area (Å²) >= 11 is 0. The van der Waals surface area contributed by atoms with Crippen molar-refractivity contribution in [3.63, 3.8) is 0 Å². The van der Waals surface area contributed by atoms with E-state index in [4.69, 9.17) is 4.74 Å². The van der Waals surface area contributed by atoms with Crippen LogP contribution in [0.1, 0.15) is 46.3 Å². The summed E-state index contributed by atoms with van der Waals surface area (Å²) in [6.07, 6.45) is 5.55. The average molecular weight is 528 g/mol. The molecule has 0 saturated carbocycles. The maximum absolute atomic E-state index is 13.5. The first-order valence-electron chi connectivity index (χ1n) is 13.2. The highest BCUT2D eigenvalue weighted by Gasteiger charge is 2.15. The minimum absolute atomic E-state index is 0.00256. The highest BCUT2D eigenvalue weighted by molar-refractivity contribution is 5.96. The number of aromatic nitrogens is 1. The molecule has 1 aliphatic heterocycles. The molecule has 1 saturated heterocycles. The maximum Gasteiger partial charge on any atom is 0.251 e. The monoisotopic (exact) mass is 527 g/mol. The molecule has 1 N–H and O–H groups in total. The lowest BCUT2D eigenvalue weighted by Crippen LogP contribution is -2.29. The van der Waals surface area contributed by atoms with Crippen molar-refractivity contribution >= 4 is 5.91 Å². The van der Waals surface area contributed by atoms with Crippen molar-refractivity contribution in [2.75, 3.05) is 13.1 Å². The zero-order valence-corrected chi connectivity index (χ0v) is 21.9. The summed E-state index contributed by atoms with van der Waals surface area (Å²) in [7, 11) is 0. The van der Waals surface area contributed by atoms with Gasteiger partial charge in [0.05, 0.1) is 5.69 Å². The van der Waals surface area contributed by atoms with Gasteiger partial charge in [-0.2, -0.15) is 0 Å². The first-order valence-corrected chi connectivity index (χ1v) is 13.2. The van der Waals surface area contributed by atoms with Gasteiger partial charge in [-0.1, -0.05) is 30.7 Å². The molecule has 7 heteroatoms. The van der Waals surface area contributed by atoms with Gasteiger partial charge in [-0.15, -0.1) is 0 Å². The molecule has 1 aliphatic rings. The minimum Gasteiger partial charge on any atom is -0.457 e. The van der Waals surface area contributed by atoms with Crippen LogP contribution in [0.3, 0.4) is 0 Å². The van der Waals surface area contributed by atoms with Gasteiger partial charge in [-0.05, 0) is 80.4 Å². The minimum atomic E-state index is -0.684. The van der Waals surface area contributed by atoms with Crippen molar-refractivity contribution in [2.24, 2.45) is 0 Å². The predicted molar refractivity (Wildman–Crippen MR) is 148 cm³/mol. The van der Waals surface area contributed by atoms with Crippen LogP contribution in [0.25, 0.3) is 11.3 Å². The molecule has 0 bridgehead atoms. The zero-order valence-electron chi connectivity index (χ0n) is 21.9. The van der Waals surface area contributed by atoms with Crippen LogP contribution in [-0.2, 0) is 13.1 Å². The van der Waals surface area contributed by atoms with Gasteiger partial charge in [-0.25, -0.2) is 8.78 Å². The molecule has 1 fully saturated rings. The number of ether oxygens (including phenoxy) is 1. The van der Waals surface area contributed by atoms with E-state index in [1.54, 1.807) is 37.4 Å². The number of hydrogen-bond donors (Lipinski definition) is 1. The number of nitrogens with one attached hydrogen (secondary N) is 1. The summed E-state index contributed by atoms with van der Waals surface area (Å²) in [5.74, 6) is -0.580. The summed E-state index contributed by atoms with van der Waals surface area (Å²) in [6, 6.07) is 20.5. The number of hydrogen-bond acceptors (Lipinski definition) is 4. The quantitative estimate of drug-likeness (QED) is 0.267. The normalized spacial score (nSPS) is 13.7.